The van der Waals surface area contributed by atoms with Gasteiger partial charge in [-0.15, -0.1) is 0 Å². The van der Waals surface area contributed by atoms with Crippen LogP contribution < -0.4 is 10.1 Å². The maximum absolute atomic E-state index is 12.3. The van der Waals surface area contributed by atoms with Crippen molar-refractivity contribution < 1.29 is 23.7 Å². The van der Waals surface area contributed by atoms with Gasteiger partial charge in [0.05, 0.1) is 19.1 Å². The van der Waals surface area contributed by atoms with Gasteiger partial charge in [-0.1, -0.05) is 17.3 Å². The molecule has 1 aromatic heterocycles. The molecule has 1 heterocycles. The predicted molar refractivity (Wildman–Crippen MR) is 100 cm³/mol. The van der Waals surface area contributed by atoms with Crippen LogP contribution in [0.5, 0.6) is 5.75 Å². The van der Waals surface area contributed by atoms with E-state index in [0.717, 1.165) is 11.3 Å². The quantitative estimate of drug-likeness (QED) is 0.373. The van der Waals surface area contributed by atoms with Crippen LogP contribution in [0.2, 0.25) is 0 Å². The molecule has 0 spiro atoms. The van der Waals surface area contributed by atoms with Gasteiger partial charge in [-0.3, -0.25) is 10.1 Å². The number of carbonyl (C=O) groups excluding carboxylic acids is 1. The number of anilines is 1. The molecule has 3 rings (SSSR count). The molecule has 2 aromatic carbocycles. The summed E-state index contributed by atoms with van der Waals surface area (Å²) in [6, 6.07) is 13.0. The molecule has 0 radical (unpaired) electrons. The van der Waals surface area contributed by atoms with Crippen molar-refractivity contribution in [2.45, 2.75) is 6.54 Å². The second kappa shape index (κ2) is 8.21. The molecule has 9 heteroatoms. The second-order valence-corrected chi connectivity index (χ2v) is 5.73. The van der Waals surface area contributed by atoms with Crippen molar-refractivity contribution in [3.8, 4) is 17.1 Å². The van der Waals surface area contributed by atoms with Crippen LogP contribution in [0.4, 0.5) is 11.5 Å². The minimum Gasteiger partial charge on any atom is -0.497 e. The summed E-state index contributed by atoms with van der Waals surface area (Å²) in [4.78, 5) is 22.6. The molecule has 3 aromatic rings. The number of hydrogen-bond donors (Lipinski definition) is 1. The summed E-state index contributed by atoms with van der Waals surface area (Å²) in [7, 11) is 2.84. The van der Waals surface area contributed by atoms with Crippen LogP contribution in [0.1, 0.15) is 15.9 Å². The van der Waals surface area contributed by atoms with Crippen LogP contribution in [0, 0.1) is 10.1 Å². The van der Waals surface area contributed by atoms with Crippen LogP contribution in [0.25, 0.3) is 11.3 Å². The van der Waals surface area contributed by atoms with Crippen molar-refractivity contribution in [3.63, 3.8) is 0 Å². The number of benzene rings is 2. The summed E-state index contributed by atoms with van der Waals surface area (Å²) in [6.07, 6.45) is 0. The summed E-state index contributed by atoms with van der Waals surface area (Å²) in [5.74, 6) is 0.489. The topological polar surface area (TPSA) is 117 Å². The Morgan fingerprint density at radius 2 is 1.82 bits per heavy atom. The van der Waals surface area contributed by atoms with E-state index in [-0.39, 0.29) is 22.8 Å². The third kappa shape index (κ3) is 3.93. The van der Waals surface area contributed by atoms with Gasteiger partial charge in [0.2, 0.25) is 0 Å². The molecule has 0 saturated carbocycles. The Balaban J connectivity index is 1.87. The van der Waals surface area contributed by atoms with Gasteiger partial charge in [0, 0.05) is 24.2 Å². The average Bonchev–Trinajstić information content (AvgIpc) is 3.16. The lowest BCUT2D eigenvalue weighted by molar-refractivity contribution is -0.384. The summed E-state index contributed by atoms with van der Waals surface area (Å²) < 4.78 is 15.3. The van der Waals surface area contributed by atoms with Crippen LogP contribution in [-0.4, -0.2) is 30.3 Å². The van der Waals surface area contributed by atoms with Crippen LogP contribution >= 0.6 is 0 Å². The molecule has 0 aliphatic carbocycles. The average molecular weight is 383 g/mol. The zero-order valence-electron chi connectivity index (χ0n) is 15.2. The first kappa shape index (κ1) is 18.9. The first-order valence-electron chi connectivity index (χ1n) is 8.23. The van der Waals surface area contributed by atoms with Crippen LogP contribution in [0.3, 0.4) is 0 Å². The van der Waals surface area contributed by atoms with E-state index in [1.54, 1.807) is 7.11 Å². The van der Waals surface area contributed by atoms with Gasteiger partial charge in [-0.25, -0.2) is 4.79 Å². The van der Waals surface area contributed by atoms with Gasteiger partial charge >= 0.3 is 5.97 Å². The molecule has 0 aliphatic heterocycles. The number of non-ortho nitro benzene ring substituents is 1. The predicted octanol–water partition coefficient (Wildman–Crippen LogP) is 3.66. The van der Waals surface area contributed by atoms with E-state index in [2.05, 4.69) is 10.5 Å². The van der Waals surface area contributed by atoms with Crippen molar-refractivity contribution >= 4 is 17.5 Å². The van der Waals surface area contributed by atoms with Gasteiger partial charge in [0.15, 0.2) is 17.1 Å². The molecule has 0 atom stereocenters. The SMILES string of the molecule is COC(=O)c1c(NCc2ccc(OC)cc2)noc1-c1ccc([N+](=O)[O-])cc1. The van der Waals surface area contributed by atoms with Gasteiger partial charge < -0.3 is 19.3 Å². The Morgan fingerprint density at radius 3 is 2.39 bits per heavy atom. The standard InChI is InChI=1S/C19H17N3O6/c1-26-15-9-3-12(4-10-15)11-20-18-16(19(23)27-2)17(28-21-18)13-5-7-14(8-6-13)22(24)25/h3-10H,11H2,1-2H3,(H,20,21). The number of carbonyl (C=O) groups is 1. The highest BCUT2D eigenvalue weighted by Crippen LogP contribution is 2.31. The van der Waals surface area contributed by atoms with Crippen molar-refractivity contribution in [1.82, 2.24) is 5.16 Å². The molecular formula is C19H17N3O6. The molecule has 28 heavy (non-hydrogen) atoms. The fourth-order valence-electron chi connectivity index (χ4n) is 2.56. The van der Waals surface area contributed by atoms with Crippen molar-refractivity contribution in [2.75, 3.05) is 19.5 Å². The normalized spacial score (nSPS) is 10.4. The highest BCUT2D eigenvalue weighted by atomic mass is 16.6. The van der Waals surface area contributed by atoms with E-state index in [0.29, 0.717) is 12.1 Å². The van der Waals surface area contributed by atoms with Gasteiger partial charge in [0.1, 0.15) is 5.75 Å². The highest BCUT2D eigenvalue weighted by molar-refractivity contribution is 6.00. The molecule has 9 nitrogen and oxygen atoms in total. The van der Waals surface area contributed by atoms with Gasteiger partial charge in [-0.2, -0.15) is 0 Å². The zero-order valence-corrected chi connectivity index (χ0v) is 15.2. The Hall–Kier alpha value is -3.88. The largest absolute Gasteiger partial charge is 0.497 e. The lowest BCUT2D eigenvalue weighted by Crippen LogP contribution is -2.08. The van der Waals surface area contributed by atoms with Crippen LogP contribution in [0.15, 0.2) is 53.1 Å². The Bertz CT molecular complexity index is 980. The number of ether oxygens (including phenoxy) is 2. The second-order valence-electron chi connectivity index (χ2n) is 5.73. The molecule has 0 unspecified atom stereocenters. The van der Waals surface area contributed by atoms with E-state index in [9.17, 15) is 14.9 Å². The smallest absolute Gasteiger partial charge is 0.345 e. The van der Waals surface area contributed by atoms with E-state index in [1.165, 1.54) is 31.4 Å². The number of aromatic nitrogens is 1. The molecule has 0 fully saturated rings. The summed E-state index contributed by atoms with van der Waals surface area (Å²) >= 11 is 0. The van der Waals surface area contributed by atoms with Crippen molar-refractivity contribution in [1.29, 1.82) is 0 Å². The Morgan fingerprint density at radius 1 is 1.14 bits per heavy atom. The van der Waals surface area contributed by atoms with E-state index >= 15 is 0 Å². The molecule has 0 bridgehead atoms. The summed E-state index contributed by atoms with van der Waals surface area (Å²) in [5.41, 5.74) is 1.46. The highest BCUT2D eigenvalue weighted by Gasteiger charge is 2.25. The lowest BCUT2D eigenvalue weighted by atomic mass is 10.1. The van der Waals surface area contributed by atoms with Crippen LogP contribution in [-0.2, 0) is 11.3 Å². The van der Waals surface area contributed by atoms with Gasteiger partial charge in [-0.05, 0) is 29.8 Å². The Labute approximate surface area is 160 Å². The number of nitrogens with one attached hydrogen (secondary N) is 1. The number of nitro groups is 1. The monoisotopic (exact) mass is 383 g/mol. The maximum atomic E-state index is 12.3. The molecule has 1 N–H and O–H groups in total. The number of nitro benzene ring substituents is 1. The first-order valence-corrected chi connectivity index (χ1v) is 8.23. The molecular weight excluding hydrogens is 366 g/mol. The number of nitrogens with zero attached hydrogens (tertiary/aromatic N) is 2. The first-order chi connectivity index (χ1) is 13.5. The number of esters is 1. The number of methoxy groups -OCH3 is 2. The summed E-state index contributed by atoms with van der Waals surface area (Å²) in [5, 5.41) is 17.8. The minimum absolute atomic E-state index is 0.0688. The molecule has 0 amide bonds. The molecule has 0 saturated heterocycles. The van der Waals surface area contributed by atoms with Crippen molar-refractivity contribution in [3.05, 3.63) is 69.8 Å². The number of hydrogen-bond acceptors (Lipinski definition) is 8. The molecule has 144 valence electrons. The fourth-order valence-corrected chi connectivity index (χ4v) is 2.56. The van der Waals surface area contributed by atoms with Crippen molar-refractivity contribution in [2.24, 2.45) is 0 Å². The number of rotatable bonds is 7. The van der Waals surface area contributed by atoms with E-state index < -0.39 is 10.9 Å². The zero-order chi connectivity index (χ0) is 20.1. The maximum Gasteiger partial charge on any atom is 0.345 e. The minimum atomic E-state index is -0.633. The van der Waals surface area contributed by atoms with E-state index in [1.807, 2.05) is 24.3 Å². The van der Waals surface area contributed by atoms with E-state index in [4.69, 9.17) is 14.0 Å². The lowest BCUT2D eigenvalue weighted by Gasteiger charge is -2.06. The third-order valence-electron chi connectivity index (χ3n) is 4.04. The summed E-state index contributed by atoms with van der Waals surface area (Å²) in [6.45, 7) is 0.389. The van der Waals surface area contributed by atoms with Gasteiger partial charge in [0.25, 0.3) is 5.69 Å². The third-order valence-corrected chi connectivity index (χ3v) is 4.04. The molecule has 0 aliphatic rings. The fraction of sp³-hybridized carbons (Fsp3) is 0.158. The Kier molecular flexibility index (Phi) is 5.54.